The summed E-state index contributed by atoms with van der Waals surface area (Å²) in [5.74, 6) is -0.277. The molecular weight excluding hydrogens is 394 g/mol. The van der Waals surface area contributed by atoms with Crippen LogP contribution in [-0.4, -0.2) is 31.6 Å². The van der Waals surface area contributed by atoms with Crippen LogP contribution in [0.5, 0.6) is 5.75 Å². The number of allylic oxidation sites excluding steroid dienone is 1. The maximum atomic E-state index is 12.8. The summed E-state index contributed by atoms with van der Waals surface area (Å²) in [5, 5.41) is 1.66. The minimum atomic E-state index is -4.00. The summed E-state index contributed by atoms with van der Waals surface area (Å²) in [4.78, 5) is 23.9. The maximum Gasteiger partial charge on any atom is 0.407 e. The van der Waals surface area contributed by atoms with Gasteiger partial charge < -0.3 is 14.2 Å². The van der Waals surface area contributed by atoms with E-state index in [4.69, 9.17) is 8.92 Å². The Morgan fingerprint density at radius 2 is 1.79 bits per heavy atom. The number of hydrogen-bond acceptors (Lipinski definition) is 6. The third-order valence-corrected chi connectivity index (χ3v) is 6.06. The average molecular weight is 424 g/mol. The van der Waals surface area contributed by atoms with Crippen molar-refractivity contribution in [2.45, 2.75) is 64.9 Å². The Balaban J connectivity index is 2.04. The first-order valence-electron chi connectivity index (χ1n) is 9.80. The molecule has 2 rings (SSSR count). The van der Waals surface area contributed by atoms with Crippen LogP contribution < -0.4 is 9.50 Å². The molecule has 0 aliphatic heterocycles. The van der Waals surface area contributed by atoms with Crippen LogP contribution in [0.15, 0.2) is 35.9 Å². The highest BCUT2D eigenvalue weighted by molar-refractivity contribution is 7.88. The molecule has 1 atom stereocenters. The van der Waals surface area contributed by atoms with Gasteiger partial charge in [-0.1, -0.05) is 32.1 Å². The van der Waals surface area contributed by atoms with Gasteiger partial charge in [0, 0.05) is 17.5 Å². The van der Waals surface area contributed by atoms with Gasteiger partial charge in [0.05, 0.1) is 0 Å². The molecule has 0 radical (unpaired) electrons. The summed E-state index contributed by atoms with van der Waals surface area (Å²) in [6.45, 7) is 7.23. The molecule has 1 aromatic rings. The smallest absolute Gasteiger partial charge is 0.407 e. The first-order chi connectivity index (χ1) is 13.6. The van der Waals surface area contributed by atoms with Crippen LogP contribution in [0.25, 0.3) is 0 Å². The largest absolute Gasteiger partial charge is 0.445 e. The number of rotatable bonds is 8. The van der Waals surface area contributed by atoms with Crippen molar-refractivity contribution in [2.24, 2.45) is 5.92 Å². The molecule has 160 valence electrons. The number of Topliss-reactive ketones (excluding diaryl/α,β-unsaturated/α-hetero) is 1. The lowest BCUT2D eigenvalue weighted by atomic mass is 9.91. The van der Waals surface area contributed by atoms with E-state index >= 15 is 0 Å². The molecule has 0 saturated heterocycles. The molecule has 7 nitrogen and oxygen atoms in total. The normalized spacial score (nSPS) is 17.0. The van der Waals surface area contributed by atoms with E-state index in [0.29, 0.717) is 30.4 Å². The van der Waals surface area contributed by atoms with Crippen LogP contribution in [0.1, 0.15) is 52.5 Å². The quantitative estimate of drug-likeness (QED) is 0.640. The Labute approximate surface area is 172 Å². The Bertz CT molecular complexity index is 856. The fraction of sp³-hybridized carbons (Fsp3) is 0.524. The Kier molecular flexibility index (Phi) is 7.84. The third-order valence-electron chi connectivity index (χ3n) is 4.45. The summed E-state index contributed by atoms with van der Waals surface area (Å²) in [5.41, 5.74) is 1.02. The molecule has 29 heavy (non-hydrogen) atoms. The van der Waals surface area contributed by atoms with Crippen molar-refractivity contribution < 1.29 is 26.9 Å². The molecule has 1 aliphatic carbocycles. The summed E-state index contributed by atoms with van der Waals surface area (Å²) in [6, 6.07) is 6.25. The summed E-state index contributed by atoms with van der Waals surface area (Å²) in [6.07, 6.45) is 2.95. The number of benzene rings is 1. The van der Waals surface area contributed by atoms with Gasteiger partial charge in [0.2, 0.25) is 0 Å². The predicted molar refractivity (Wildman–Crippen MR) is 110 cm³/mol. The molecule has 0 aromatic heterocycles. The minimum absolute atomic E-state index is 0.0233. The molecular formula is C21H29NO6S. The standard InChI is InChI=1S/C21H29NO6S/c1-14(2)20(23)18-7-5-6-8-19(18)29(25,26)28-17-11-9-16(10-12-17)13-27-21(24)22-15(3)4/h7,9-12,14-15,19H,5-6,8,13H2,1-4H3,(H,22,24). The molecule has 0 fully saturated rings. The van der Waals surface area contributed by atoms with Gasteiger partial charge in [-0.3, -0.25) is 4.79 Å². The molecule has 8 heteroatoms. The summed E-state index contributed by atoms with van der Waals surface area (Å²) in [7, 11) is -4.00. The van der Waals surface area contributed by atoms with Gasteiger partial charge in [0.1, 0.15) is 17.6 Å². The topological polar surface area (TPSA) is 98.8 Å². The van der Waals surface area contributed by atoms with Crippen LogP contribution in [-0.2, 0) is 26.3 Å². The zero-order valence-corrected chi connectivity index (χ0v) is 18.1. The van der Waals surface area contributed by atoms with Crippen LogP contribution >= 0.6 is 0 Å². The number of amides is 1. The van der Waals surface area contributed by atoms with E-state index < -0.39 is 21.5 Å². The van der Waals surface area contributed by atoms with Crippen molar-refractivity contribution in [1.29, 1.82) is 0 Å². The van der Waals surface area contributed by atoms with Gasteiger partial charge in [-0.15, -0.1) is 0 Å². The number of alkyl carbamates (subject to hydrolysis) is 1. The van der Waals surface area contributed by atoms with Crippen molar-refractivity contribution in [3.05, 3.63) is 41.5 Å². The Hall–Kier alpha value is -2.35. The molecule has 0 spiro atoms. The number of carbonyl (C=O) groups is 2. The van der Waals surface area contributed by atoms with E-state index in [1.54, 1.807) is 32.1 Å². The molecule has 0 saturated carbocycles. The van der Waals surface area contributed by atoms with E-state index in [1.165, 1.54) is 12.1 Å². The second-order valence-corrected chi connectivity index (χ2v) is 9.41. The fourth-order valence-corrected chi connectivity index (χ4v) is 4.47. The van der Waals surface area contributed by atoms with Crippen molar-refractivity contribution in [2.75, 3.05) is 0 Å². The first kappa shape index (κ1) is 22.9. The third kappa shape index (κ3) is 6.59. The lowest BCUT2D eigenvalue weighted by Crippen LogP contribution is -2.34. The molecule has 1 N–H and O–H groups in total. The monoisotopic (exact) mass is 423 g/mol. The van der Waals surface area contributed by atoms with E-state index in [2.05, 4.69) is 5.32 Å². The first-order valence-corrected chi connectivity index (χ1v) is 11.3. The van der Waals surface area contributed by atoms with Crippen molar-refractivity contribution >= 4 is 22.0 Å². The zero-order valence-electron chi connectivity index (χ0n) is 17.3. The predicted octanol–water partition coefficient (Wildman–Crippen LogP) is 3.73. The number of carbonyl (C=O) groups excluding carboxylic acids is 2. The van der Waals surface area contributed by atoms with Crippen LogP contribution in [0, 0.1) is 5.92 Å². The van der Waals surface area contributed by atoms with Crippen molar-refractivity contribution in [3.8, 4) is 5.75 Å². The Morgan fingerprint density at radius 1 is 1.14 bits per heavy atom. The van der Waals surface area contributed by atoms with E-state index in [0.717, 1.165) is 0 Å². The second kappa shape index (κ2) is 9.91. The van der Waals surface area contributed by atoms with Gasteiger partial charge >= 0.3 is 16.2 Å². The highest BCUT2D eigenvalue weighted by atomic mass is 32.2. The van der Waals surface area contributed by atoms with Crippen LogP contribution in [0.4, 0.5) is 4.79 Å². The number of ketones is 1. The number of nitrogens with one attached hydrogen (secondary N) is 1. The van der Waals surface area contributed by atoms with Crippen molar-refractivity contribution in [1.82, 2.24) is 5.32 Å². The SMILES string of the molecule is CC(C)NC(=O)OCc1ccc(OS(=O)(=O)C2CCCC=C2C(=O)C(C)C)cc1. The van der Waals surface area contributed by atoms with Gasteiger partial charge in [-0.2, -0.15) is 8.42 Å². The van der Waals surface area contributed by atoms with Gasteiger partial charge in [0.25, 0.3) is 0 Å². The van der Waals surface area contributed by atoms with Gasteiger partial charge in [-0.05, 0) is 50.8 Å². The molecule has 1 amide bonds. The molecule has 0 bridgehead atoms. The lowest BCUT2D eigenvalue weighted by molar-refractivity contribution is -0.118. The highest BCUT2D eigenvalue weighted by Gasteiger charge is 2.36. The molecule has 1 aliphatic rings. The summed E-state index contributed by atoms with van der Waals surface area (Å²) < 4.78 is 36.0. The van der Waals surface area contributed by atoms with E-state index in [1.807, 2.05) is 13.8 Å². The number of hydrogen-bond donors (Lipinski definition) is 1. The number of ether oxygens (including phenoxy) is 1. The van der Waals surface area contributed by atoms with Crippen LogP contribution in [0.3, 0.4) is 0 Å². The average Bonchev–Trinajstić information content (AvgIpc) is 2.66. The van der Waals surface area contributed by atoms with E-state index in [9.17, 15) is 18.0 Å². The maximum absolute atomic E-state index is 12.8. The second-order valence-electron chi connectivity index (χ2n) is 7.69. The van der Waals surface area contributed by atoms with E-state index in [-0.39, 0.29) is 30.1 Å². The van der Waals surface area contributed by atoms with Gasteiger partial charge in [-0.25, -0.2) is 4.79 Å². The molecule has 1 aromatic carbocycles. The van der Waals surface area contributed by atoms with Crippen molar-refractivity contribution in [3.63, 3.8) is 0 Å². The minimum Gasteiger partial charge on any atom is -0.445 e. The fourth-order valence-electron chi connectivity index (χ4n) is 3.00. The highest BCUT2D eigenvalue weighted by Crippen LogP contribution is 2.29. The zero-order chi connectivity index (χ0) is 21.6. The lowest BCUT2D eigenvalue weighted by Gasteiger charge is -2.24. The molecule has 0 heterocycles. The molecule has 1 unspecified atom stereocenters. The van der Waals surface area contributed by atoms with Gasteiger partial charge in [0.15, 0.2) is 5.78 Å². The van der Waals surface area contributed by atoms with Crippen LogP contribution in [0.2, 0.25) is 0 Å². The summed E-state index contributed by atoms with van der Waals surface area (Å²) >= 11 is 0. The Morgan fingerprint density at radius 3 is 2.38 bits per heavy atom.